The molecule has 0 aromatic carbocycles. The molecule has 0 fully saturated rings. The summed E-state index contributed by atoms with van der Waals surface area (Å²) in [5.41, 5.74) is 0. The smallest absolute Gasteiger partial charge is 0.437 e. The Hall–Kier alpha value is -1.05. The fraction of sp³-hybridized carbons (Fsp3) is 0.714. The second kappa shape index (κ2) is 5.33. The summed E-state index contributed by atoms with van der Waals surface area (Å²) in [6, 6.07) is 0. The molecule has 9 heteroatoms. The first kappa shape index (κ1) is 14.9. The number of esters is 1. The van der Waals surface area contributed by atoms with Gasteiger partial charge in [-0.15, -0.1) is 0 Å². The first-order chi connectivity index (χ1) is 7.19. The van der Waals surface area contributed by atoms with E-state index in [1.165, 1.54) is 6.92 Å². The molecule has 0 aliphatic carbocycles. The number of ether oxygens (including phenoxy) is 1. The molecular formula is C7H8ClF4NO3. The standard InChI is InChI=1S/C7H8ClF4NO3/c1-2-16-5(15)6(8,7(10,11)12)13-4(14)3-9/h2-3H2,1H3,(H,13,14)/t6-/m1/s1. The van der Waals surface area contributed by atoms with Crippen molar-refractivity contribution >= 4 is 23.5 Å². The number of hydrogen-bond acceptors (Lipinski definition) is 3. The molecule has 0 aliphatic rings. The Kier molecular flexibility index (Phi) is 4.98. The van der Waals surface area contributed by atoms with Crippen molar-refractivity contribution in [2.75, 3.05) is 13.3 Å². The third-order valence-corrected chi connectivity index (χ3v) is 1.84. The monoisotopic (exact) mass is 265 g/mol. The van der Waals surface area contributed by atoms with E-state index in [0.717, 1.165) is 5.32 Å². The molecule has 1 atom stereocenters. The predicted octanol–water partition coefficient (Wildman–Crippen LogP) is 1.13. The lowest BCUT2D eigenvalue weighted by Crippen LogP contribution is -2.60. The molecule has 0 unspecified atom stereocenters. The average molecular weight is 266 g/mol. The number of carbonyl (C=O) groups excluding carboxylic acids is 2. The van der Waals surface area contributed by atoms with Crippen LogP contribution in [0.2, 0.25) is 0 Å². The van der Waals surface area contributed by atoms with E-state index in [1.807, 2.05) is 0 Å². The Balaban J connectivity index is 5.04. The maximum absolute atomic E-state index is 12.4. The lowest BCUT2D eigenvalue weighted by Gasteiger charge is -2.27. The predicted molar refractivity (Wildman–Crippen MR) is 45.4 cm³/mol. The van der Waals surface area contributed by atoms with E-state index in [-0.39, 0.29) is 6.61 Å². The van der Waals surface area contributed by atoms with Crippen LogP contribution in [0, 0.1) is 0 Å². The van der Waals surface area contributed by atoms with Gasteiger partial charge in [0.1, 0.15) is 0 Å². The molecule has 94 valence electrons. The molecule has 0 rings (SSSR count). The molecule has 1 N–H and O–H groups in total. The van der Waals surface area contributed by atoms with Crippen LogP contribution in [0.5, 0.6) is 0 Å². The van der Waals surface area contributed by atoms with Crippen molar-refractivity contribution < 1.29 is 31.9 Å². The van der Waals surface area contributed by atoms with Crippen molar-refractivity contribution in [2.24, 2.45) is 0 Å². The first-order valence-corrected chi connectivity index (χ1v) is 4.36. The number of carbonyl (C=O) groups is 2. The number of amides is 1. The first-order valence-electron chi connectivity index (χ1n) is 3.98. The summed E-state index contributed by atoms with van der Waals surface area (Å²) in [5, 5.41) is 1.02. The zero-order chi connectivity index (χ0) is 13.0. The molecule has 4 nitrogen and oxygen atoms in total. The summed E-state index contributed by atoms with van der Waals surface area (Å²) >= 11 is 4.92. The summed E-state index contributed by atoms with van der Waals surface area (Å²) in [7, 11) is 0. The molecule has 0 bridgehead atoms. The minimum atomic E-state index is -5.30. The van der Waals surface area contributed by atoms with Crippen LogP contribution >= 0.6 is 11.6 Å². The summed E-state index contributed by atoms with van der Waals surface area (Å²) in [5.74, 6) is -3.58. The molecule has 0 aliphatic heterocycles. The minimum Gasteiger partial charge on any atom is -0.463 e. The van der Waals surface area contributed by atoms with Gasteiger partial charge in [-0.05, 0) is 6.92 Å². The quantitative estimate of drug-likeness (QED) is 0.359. The molecule has 0 aromatic rings. The van der Waals surface area contributed by atoms with Crippen molar-refractivity contribution in [2.45, 2.75) is 18.1 Å². The van der Waals surface area contributed by atoms with Crippen molar-refractivity contribution in [3.8, 4) is 0 Å². The van der Waals surface area contributed by atoms with Crippen LogP contribution in [0.15, 0.2) is 0 Å². The maximum atomic E-state index is 12.4. The zero-order valence-electron chi connectivity index (χ0n) is 8.03. The summed E-state index contributed by atoms with van der Waals surface area (Å²) in [6.07, 6.45) is -5.30. The highest BCUT2D eigenvalue weighted by atomic mass is 35.5. The van der Waals surface area contributed by atoms with Crippen LogP contribution in [0.1, 0.15) is 6.92 Å². The highest BCUT2D eigenvalue weighted by molar-refractivity contribution is 6.35. The molecule has 0 saturated heterocycles. The zero-order valence-corrected chi connectivity index (χ0v) is 8.78. The van der Waals surface area contributed by atoms with Gasteiger partial charge >= 0.3 is 17.1 Å². The van der Waals surface area contributed by atoms with Crippen LogP contribution < -0.4 is 5.32 Å². The molecule has 0 aromatic heterocycles. The molecule has 16 heavy (non-hydrogen) atoms. The van der Waals surface area contributed by atoms with E-state index in [4.69, 9.17) is 11.6 Å². The fourth-order valence-electron chi connectivity index (χ4n) is 0.694. The molecule has 0 heterocycles. The van der Waals surface area contributed by atoms with Gasteiger partial charge < -0.3 is 10.1 Å². The SMILES string of the molecule is CCOC(=O)[C@@](Cl)(NC(=O)CF)C(F)(F)F. The van der Waals surface area contributed by atoms with Crippen molar-refractivity contribution in [3.05, 3.63) is 0 Å². The van der Waals surface area contributed by atoms with Crippen LogP contribution in [0.4, 0.5) is 17.6 Å². The third kappa shape index (κ3) is 3.22. The van der Waals surface area contributed by atoms with Crippen molar-refractivity contribution in [1.82, 2.24) is 5.32 Å². The third-order valence-electron chi connectivity index (χ3n) is 1.38. The van der Waals surface area contributed by atoms with E-state index in [1.54, 1.807) is 0 Å². The molecular weight excluding hydrogens is 258 g/mol. The number of rotatable bonds is 4. The topological polar surface area (TPSA) is 55.4 Å². The highest BCUT2D eigenvalue weighted by Gasteiger charge is 2.62. The van der Waals surface area contributed by atoms with Gasteiger partial charge in [-0.25, -0.2) is 9.18 Å². The maximum Gasteiger partial charge on any atom is 0.437 e. The Morgan fingerprint density at radius 2 is 1.88 bits per heavy atom. The Bertz CT molecular complexity index is 283. The second-order valence-electron chi connectivity index (χ2n) is 2.56. The van der Waals surface area contributed by atoms with Crippen LogP contribution in [0.25, 0.3) is 0 Å². The Labute approximate surface area is 92.9 Å². The summed E-state index contributed by atoms with van der Waals surface area (Å²) in [4.78, 5) is 17.7. The molecule has 1 amide bonds. The fourth-order valence-corrected chi connectivity index (χ4v) is 0.854. The average Bonchev–Trinajstić information content (AvgIpc) is 2.16. The van der Waals surface area contributed by atoms with Gasteiger partial charge in [0.15, 0.2) is 6.67 Å². The van der Waals surface area contributed by atoms with Gasteiger partial charge in [-0.2, -0.15) is 13.2 Å². The van der Waals surface area contributed by atoms with Gasteiger partial charge in [-0.1, -0.05) is 11.6 Å². The number of hydrogen-bond donors (Lipinski definition) is 1. The number of alkyl halides is 5. The normalized spacial score (nSPS) is 15.1. The lowest BCUT2D eigenvalue weighted by atomic mass is 10.2. The van der Waals surface area contributed by atoms with Crippen LogP contribution in [-0.4, -0.2) is 36.3 Å². The Morgan fingerprint density at radius 3 is 2.19 bits per heavy atom. The van der Waals surface area contributed by atoms with Gasteiger partial charge in [0.05, 0.1) is 6.61 Å². The van der Waals surface area contributed by atoms with Gasteiger partial charge in [0, 0.05) is 0 Å². The van der Waals surface area contributed by atoms with Crippen LogP contribution in [-0.2, 0) is 14.3 Å². The summed E-state index contributed by atoms with van der Waals surface area (Å²) in [6.45, 7) is -0.846. The van der Waals surface area contributed by atoms with Crippen molar-refractivity contribution in [1.29, 1.82) is 0 Å². The van der Waals surface area contributed by atoms with E-state index in [9.17, 15) is 27.2 Å². The van der Waals surface area contributed by atoms with Gasteiger partial charge in [-0.3, -0.25) is 4.79 Å². The Morgan fingerprint density at radius 1 is 1.38 bits per heavy atom. The van der Waals surface area contributed by atoms with Gasteiger partial charge in [0.2, 0.25) is 0 Å². The summed E-state index contributed by atoms with van der Waals surface area (Å²) < 4.78 is 53.0. The lowest BCUT2D eigenvalue weighted by molar-refractivity contribution is -0.195. The molecule has 0 spiro atoms. The van der Waals surface area contributed by atoms with Crippen molar-refractivity contribution in [3.63, 3.8) is 0 Å². The van der Waals surface area contributed by atoms with E-state index in [0.29, 0.717) is 0 Å². The molecule has 0 radical (unpaired) electrons. The number of halogens is 5. The second-order valence-corrected chi connectivity index (χ2v) is 3.13. The largest absolute Gasteiger partial charge is 0.463 e. The van der Waals surface area contributed by atoms with E-state index >= 15 is 0 Å². The van der Waals surface area contributed by atoms with Crippen LogP contribution in [0.3, 0.4) is 0 Å². The minimum absolute atomic E-state index is 0.366. The van der Waals surface area contributed by atoms with E-state index in [2.05, 4.69) is 4.74 Å². The number of nitrogens with one attached hydrogen (secondary N) is 1. The molecule has 0 saturated carbocycles. The highest BCUT2D eigenvalue weighted by Crippen LogP contribution is 2.35. The van der Waals surface area contributed by atoms with E-state index < -0.39 is 29.7 Å². The van der Waals surface area contributed by atoms with Gasteiger partial charge in [0.25, 0.3) is 5.91 Å².